The number of alkyl halides is 3. The lowest BCUT2D eigenvalue weighted by Crippen LogP contribution is -2.19. The van der Waals surface area contributed by atoms with E-state index in [2.05, 4.69) is 0 Å². The van der Waals surface area contributed by atoms with Gasteiger partial charge in [0, 0.05) is 5.56 Å². The second-order valence-electron chi connectivity index (χ2n) is 4.39. The van der Waals surface area contributed by atoms with Crippen molar-refractivity contribution in [2.75, 3.05) is 0 Å². The molecule has 0 spiro atoms. The minimum atomic E-state index is -4.49. The van der Waals surface area contributed by atoms with Crippen LogP contribution in [0.1, 0.15) is 15.9 Å². The first-order valence-corrected chi connectivity index (χ1v) is 6.13. The van der Waals surface area contributed by atoms with Crippen LogP contribution < -0.4 is 4.74 Å². The van der Waals surface area contributed by atoms with E-state index >= 15 is 0 Å². The number of aliphatic hydroxyl groups is 2. The van der Waals surface area contributed by atoms with Gasteiger partial charge in [-0.3, -0.25) is 4.79 Å². The monoisotopic (exact) mass is 312 g/mol. The predicted molar refractivity (Wildman–Crippen MR) is 70.5 cm³/mol. The Morgan fingerprint density at radius 3 is 2.18 bits per heavy atom. The molecule has 0 aromatic heterocycles. The van der Waals surface area contributed by atoms with Gasteiger partial charge >= 0.3 is 6.18 Å². The molecule has 0 amide bonds. The highest BCUT2D eigenvalue weighted by atomic mass is 19.4. The molecule has 2 aromatic carbocycles. The Labute approximate surface area is 123 Å². The van der Waals surface area contributed by atoms with Gasteiger partial charge in [-0.25, -0.2) is 0 Å². The summed E-state index contributed by atoms with van der Waals surface area (Å²) in [4.78, 5) is 11.4. The van der Waals surface area contributed by atoms with Gasteiger partial charge in [-0.05, 0) is 30.3 Å². The maximum absolute atomic E-state index is 12.6. The maximum Gasteiger partial charge on any atom is 0.416 e. The fourth-order valence-corrected chi connectivity index (χ4v) is 1.73. The quantitative estimate of drug-likeness (QED) is 0.673. The molecule has 2 rings (SSSR count). The summed E-state index contributed by atoms with van der Waals surface area (Å²) < 4.78 is 43.1. The molecular formula is C15H11F3O4. The largest absolute Gasteiger partial charge is 0.457 e. The predicted octanol–water partition coefficient (Wildman–Crippen LogP) is 2.99. The van der Waals surface area contributed by atoms with Crippen molar-refractivity contribution in [3.8, 4) is 11.5 Å². The van der Waals surface area contributed by atoms with E-state index in [0.29, 0.717) is 0 Å². The van der Waals surface area contributed by atoms with Crippen LogP contribution in [0, 0.1) is 0 Å². The van der Waals surface area contributed by atoms with Crippen LogP contribution >= 0.6 is 0 Å². The van der Waals surface area contributed by atoms with Gasteiger partial charge in [0.05, 0.1) is 5.56 Å². The third-order valence-corrected chi connectivity index (χ3v) is 2.75. The first-order chi connectivity index (χ1) is 10.3. The summed E-state index contributed by atoms with van der Waals surface area (Å²) in [7, 11) is 0. The second kappa shape index (κ2) is 6.17. The van der Waals surface area contributed by atoms with E-state index in [1.807, 2.05) is 0 Å². The Morgan fingerprint density at radius 1 is 1.00 bits per heavy atom. The van der Waals surface area contributed by atoms with Gasteiger partial charge in [-0.2, -0.15) is 13.2 Å². The zero-order valence-electron chi connectivity index (χ0n) is 11.0. The highest BCUT2D eigenvalue weighted by Crippen LogP contribution is 2.32. The highest BCUT2D eigenvalue weighted by molar-refractivity contribution is 5.98. The molecule has 22 heavy (non-hydrogen) atoms. The molecule has 4 nitrogen and oxygen atoms in total. The summed E-state index contributed by atoms with van der Waals surface area (Å²) in [6.45, 7) is 0. The fourth-order valence-electron chi connectivity index (χ4n) is 1.73. The number of ether oxygens (including phenoxy) is 1. The van der Waals surface area contributed by atoms with E-state index in [0.717, 1.165) is 12.1 Å². The third kappa shape index (κ3) is 3.84. The number of Topliss-reactive ketones (excluding diaryl/α,β-unsaturated/α-hetero) is 1. The van der Waals surface area contributed by atoms with Crippen molar-refractivity contribution < 1.29 is 32.9 Å². The number of rotatable bonds is 4. The van der Waals surface area contributed by atoms with E-state index in [1.54, 1.807) is 0 Å². The van der Waals surface area contributed by atoms with Crippen molar-refractivity contribution in [3.63, 3.8) is 0 Å². The topological polar surface area (TPSA) is 66.8 Å². The number of carbonyl (C=O) groups excluding carboxylic acids is 1. The lowest BCUT2D eigenvalue weighted by atomic mass is 10.1. The number of aliphatic hydroxyl groups excluding tert-OH is 1. The van der Waals surface area contributed by atoms with Crippen molar-refractivity contribution in [3.05, 3.63) is 59.7 Å². The van der Waals surface area contributed by atoms with Crippen LogP contribution in [-0.2, 0) is 6.18 Å². The number of benzene rings is 2. The maximum atomic E-state index is 12.6. The molecule has 2 N–H and O–H groups in total. The van der Waals surface area contributed by atoms with Crippen LogP contribution in [0.5, 0.6) is 11.5 Å². The van der Waals surface area contributed by atoms with Crippen LogP contribution in [0.25, 0.3) is 0 Å². The van der Waals surface area contributed by atoms with Gasteiger partial charge in [-0.15, -0.1) is 0 Å². The molecular weight excluding hydrogens is 301 g/mol. The summed E-state index contributed by atoms with van der Waals surface area (Å²) in [5.74, 6) is -0.885. The number of hydrogen-bond acceptors (Lipinski definition) is 4. The molecule has 0 aliphatic carbocycles. The van der Waals surface area contributed by atoms with Gasteiger partial charge in [-0.1, -0.05) is 18.2 Å². The minimum Gasteiger partial charge on any atom is -0.457 e. The zero-order chi connectivity index (χ0) is 16.3. The Hall–Kier alpha value is -2.38. The van der Waals surface area contributed by atoms with E-state index in [-0.39, 0.29) is 17.1 Å². The summed E-state index contributed by atoms with van der Waals surface area (Å²) in [5, 5.41) is 17.6. The minimum absolute atomic E-state index is 0.0283. The van der Waals surface area contributed by atoms with Crippen LogP contribution in [-0.4, -0.2) is 22.3 Å². The van der Waals surface area contributed by atoms with Crippen LogP contribution in [0.2, 0.25) is 0 Å². The molecule has 0 heterocycles. The van der Waals surface area contributed by atoms with Crippen LogP contribution in [0.3, 0.4) is 0 Å². The van der Waals surface area contributed by atoms with Crippen LogP contribution in [0.15, 0.2) is 48.5 Å². The van der Waals surface area contributed by atoms with Gasteiger partial charge in [0.15, 0.2) is 0 Å². The number of halogens is 3. The second-order valence-corrected chi connectivity index (χ2v) is 4.39. The van der Waals surface area contributed by atoms with Crippen molar-refractivity contribution in [2.45, 2.75) is 12.5 Å². The molecule has 0 saturated carbocycles. The third-order valence-electron chi connectivity index (χ3n) is 2.75. The summed E-state index contributed by atoms with van der Waals surface area (Å²) in [5.41, 5.74) is -0.887. The van der Waals surface area contributed by atoms with E-state index in [9.17, 15) is 18.0 Å². The van der Waals surface area contributed by atoms with Crippen molar-refractivity contribution >= 4 is 5.78 Å². The van der Waals surface area contributed by atoms with E-state index < -0.39 is 23.8 Å². The first-order valence-electron chi connectivity index (χ1n) is 6.13. The Kier molecular flexibility index (Phi) is 4.48. The van der Waals surface area contributed by atoms with Crippen molar-refractivity contribution in [2.24, 2.45) is 0 Å². The Morgan fingerprint density at radius 2 is 1.59 bits per heavy atom. The lowest BCUT2D eigenvalue weighted by Gasteiger charge is -2.11. The van der Waals surface area contributed by atoms with Gasteiger partial charge in [0.1, 0.15) is 11.5 Å². The van der Waals surface area contributed by atoms with Gasteiger partial charge in [0.25, 0.3) is 0 Å². The van der Waals surface area contributed by atoms with Gasteiger partial charge < -0.3 is 14.9 Å². The molecule has 0 aliphatic heterocycles. The normalized spacial score (nSPS) is 11.5. The number of hydrogen-bond donors (Lipinski definition) is 2. The molecule has 0 aliphatic rings. The smallest absolute Gasteiger partial charge is 0.416 e. The summed E-state index contributed by atoms with van der Waals surface area (Å²) >= 11 is 0. The molecule has 7 heteroatoms. The molecule has 0 atom stereocenters. The van der Waals surface area contributed by atoms with Crippen molar-refractivity contribution in [1.29, 1.82) is 0 Å². The van der Waals surface area contributed by atoms with E-state index in [1.165, 1.54) is 36.4 Å². The zero-order valence-corrected chi connectivity index (χ0v) is 11.0. The Bertz CT molecular complexity index is 680. The first kappa shape index (κ1) is 16.0. The standard InChI is InChI=1S/C15H11F3O4/c16-15(17,18)10-4-2-6-12(8-10)22-11-5-1-3-9(7-11)13(19)14(20)21/h1-8,14,20-21H. The summed E-state index contributed by atoms with van der Waals surface area (Å²) in [6.07, 6.45) is -6.65. The molecule has 0 unspecified atom stereocenters. The molecule has 0 radical (unpaired) electrons. The molecule has 0 bridgehead atoms. The Balaban J connectivity index is 2.25. The molecule has 2 aromatic rings. The average molecular weight is 312 g/mol. The van der Waals surface area contributed by atoms with E-state index in [4.69, 9.17) is 14.9 Å². The molecule has 116 valence electrons. The van der Waals surface area contributed by atoms with Crippen molar-refractivity contribution in [1.82, 2.24) is 0 Å². The lowest BCUT2D eigenvalue weighted by molar-refractivity contribution is -0.137. The highest BCUT2D eigenvalue weighted by Gasteiger charge is 2.30. The molecule has 0 fully saturated rings. The molecule has 0 saturated heterocycles. The number of ketones is 1. The SMILES string of the molecule is O=C(c1cccc(Oc2cccc(C(F)(F)F)c2)c1)C(O)O. The average Bonchev–Trinajstić information content (AvgIpc) is 2.46. The number of carbonyl (C=O) groups is 1. The summed E-state index contributed by atoms with van der Waals surface area (Å²) in [6, 6.07) is 9.67. The van der Waals surface area contributed by atoms with Gasteiger partial charge in [0.2, 0.25) is 12.1 Å². The fraction of sp³-hybridized carbons (Fsp3) is 0.133. The van der Waals surface area contributed by atoms with Crippen LogP contribution in [0.4, 0.5) is 13.2 Å².